The molecule has 0 saturated carbocycles. The highest BCUT2D eigenvalue weighted by molar-refractivity contribution is 7.11. The van der Waals surface area contributed by atoms with Gasteiger partial charge in [0.1, 0.15) is 0 Å². The molecule has 1 aromatic heterocycles. The summed E-state index contributed by atoms with van der Waals surface area (Å²) in [6.07, 6.45) is 4.73. The van der Waals surface area contributed by atoms with E-state index >= 15 is 0 Å². The maximum Gasteiger partial charge on any atom is 0.417 e. The van der Waals surface area contributed by atoms with Crippen LogP contribution in [-0.2, 0) is 0 Å². The number of aromatic nitrogens is 1. The predicted molar refractivity (Wildman–Crippen MR) is 53.6 cm³/mol. The Bertz CT molecular complexity index is 294. The molecule has 76 valence electrons. The van der Waals surface area contributed by atoms with Crippen LogP contribution in [0.4, 0.5) is 4.79 Å². The fourth-order valence-electron chi connectivity index (χ4n) is 1.48. The first-order valence-electron chi connectivity index (χ1n) is 4.72. The van der Waals surface area contributed by atoms with E-state index in [1.165, 1.54) is 17.8 Å². The number of piperidine rings is 1. The van der Waals surface area contributed by atoms with Gasteiger partial charge in [0, 0.05) is 24.7 Å². The van der Waals surface area contributed by atoms with Crippen LogP contribution < -0.4 is 4.74 Å². The van der Waals surface area contributed by atoms with E-state index in [0.29, 0.717) is 5.19 Å². The van der Waals surface area contributed by atoms with Crippen LogP contribution in [0.1, 0.15) is 19.3 Å². The van der Waals surface area contributed by atoms with Gasteiger partial charge >= 0.3 is 6.09 Å². The lowest BCUT2D eigenvalue weighted by atomic mass is 10.1. The molecule has 4 nitrogen and oxygen atoms in total. The van der Waals surface area contributed by atoms with Crippen molar-refractivity contribution in [1.82, 2.24) is 9.88 Å². The molecule has 5 heteroatoms. The Morgan fingerprint density at radius 2 is 2.21 bits per heavy atom. The van der Waals surface area contributed by atoms with Gasteiger partial charge in [-0.3, -0.25) is 0 Å². The van der Waals surface area contributed by atoms with Crippen molar-refractivity contribution in [3.63, 3.8) is 0 Å². The summed E-state index contributed by atoms with van der Waals surface area (Å²) < 4.78 is 5.09. The van der Waals surface area contributed by atoms with Gasteiger partial charge in [-0.1, -0.05) is 11.3 Å². The number of hydrogen-bond donors (Lipinski definition) is 0. The zero-order valence-corrected chi connectivity index (χ0v) is 8.63. The third-order valence-corrected chi connectivity index (χ3v) is 2.85. The molecule has 0 unspecified atom stereocenters. The van der Waals surface area contributed by atoms with Gasteiger partial charge in [-0.15, -0.1) is 0 Å². The summed E-state index contributed by atoms with van der Waals surface area (Å²) in [6, 6.07) is 0. The molecule has 1 aliphatic heterocycles. The van der Waals surface area contributed by atoms with E-state index in [9.17, 15) is 4.79 Å². The Balaban J connectivity index is 1.88. The molecular formula is C9H12N2O2S. The minimum atomic E-state index is -0.264. The van der Waals surface area contributed by atoms with E-state index in [4.69, 9.17) is 4.74 Å². The number of carbonyl (C=O) groups is 1. The molecular weight excluding hydrogens is 200 g/mol. The lowest BCUT2D eigenvalue weighted by molar-refractivity contribution is 0.142. The summed E-state index contributed by atoms with van der Waals surface area (Å²) in [5.41, 5.74) is 0. The monoisotopic (exact) mass is 212 g/mol. The van der Waals surface area contributed by atoms with Crippen LogP contribution in [0.15, 0.2) is 11.6 Å². The summed E-state index contributed by atoms with van der Waals surface area (Å²) in [5, 5.41) is 2.22. The van der Waals surface area contributed by atoms with Gasteiger partial charge in [0.15, 0.2) is 0 Å². The quantitative estimate of drug-likeness (QED) is 0.716. The average Bonchev–Trinajstić information content (AvgIpc) is 2.72. The lowest BCUT2D eigenvalue weighted by Crippen LogP contribution is -2.37. The van der Waals surface area contributed by atoms with Gasteiger partial charge in [-0.2, -0.15) is 0 Å². The molecule has 2 rings (SSSR count). The van der Waals surface area contributed by atoms with Crippen LogP contribution in [0.25, 0.3) is 0 Å². The summed E-state index contributed by atoms with van der Waals surface area (Å²) in [5.74, 6) is 0. The Morgan fingerprint density at radius 1 is 1.43 bits per heavy atom. The minimum Gasteiger partial charge on any atom is -0.381 e. The average molecular weight is 212 g/mol. The summed E-state index contributed by atoms with van der Waals surface area (Å²) >= 11 is 1.33. The van der Waals surface area contributed by atoms with E-state index < -0.39 is 0 Å². The van der Waals surface area contributed by atoms with Gasteiger partial charge in [0.2, 0.25) is 0 Å². The molecule has 0 atom stereocenters. The van der Waals surface area contributed by atoms with E-state index in [-0.39, 0.29) is 6.09 Å². The summed E-state index contributed by atoms with van der Waals surface area (Å²) in [4.78, 5) is 17.2. The molecule has 1 fully saturated rings. The van der Waals surface area contributed by atoms with Crippen molar-refractivity contribution in [3.8, 4) is 5.19 Å². The molecule has 1 saturated heterocycles. The second kappa shape index (κ2) is 4.41. The zero-order chi connectivity index (χ0) is 9.80. The van der Waals surface area contributed by atoms with Crippen LogP contribution in [0.2, 0.25) is 0 Å². The first-order valence-corrected chi connectivity index (χ1v) is 5.60. The lowest BCUT2D eigenvalue weighted by Gasteiger charge is -2.24. The predicted octanol–water partition coefficient (Wildman–Crippen LogP) is 2.13. The Labute approximate surface area is 86.5 Å². The maximum absolute atomic E-state index is 11.5. The number of rotatable bonds is 1. The summed E-state index contributed by atoms with van der Waals surface area (Å²) in [7, 11) is 0. The largest absolute Gasteiger partial charge is 0.417 e. The second-order valence-electron chi connectivity index (χ2n) is 3.21. The molecule has 1 amide bonds. The standard InChI is InChI=1S/C9H12N2O2S/c12-9(11-5-2-1-3-6-11)13-8-10-4-7-14-8/h4,7H,1-3,5-6H2. The van der Waals surface area contributed by atoms with Crippen LogP contribution >= 0.6 is 11.3 Å². The molecule has 1 aromatic rings. The first kappa shape index (κ1) is 9.45. The highest BCUT2D eigenvalue weighted by Crippen LogP contribution is 2.16. The third-order valence-electron chi connectivity index (χ3n) is 2.20. The Kier molecular flexibility index (Phi) is 2.98. The molecule has 0 aromatic carbocycles. The highest BCUT2D eigenvalue weighted by atomic mass is 32.1. The second-order valence-corrected chi connectivity index (χ2v) is 4.07. The smallest absolute Gasteiger partial charge is 0.381 e. The van der Waals surface area contributed by atoms with Crippen molar-refractivity contribution in [1.29, 1.82) is 0 Å². The Hall–Kier alpha value is -1.10. The normalized spacial score (nSPS) is 16.7. The van der Waals surface area contributed by atoms with Crippen LogP contribution in [0, 0.1) is 0 Å². The topological polar surface area (TPSA) is 42.4 Å². The van der Waals surface area contributed by atoms with Crippen LogP contribution in [0.3, 0.4) is 0 Å². The first-order chi connectivity index (χ1) is 6.86. The molecule has 0 spiro atoms. The third kappa shape index (κ3) is 2.23. The van der Waals surface area contributed by atoms with Crippen LogP contribution in [-0.4, -0.2) is 29.1 Å². The van der Waals surface area contributed by atoms with E-state index in [2.05, 4.69) is 4.98 Å². The molecule has 0 aliphatic carbocycles. The highest BCUT2D eigenvalue weighted by Gasteiger charge is 2.18. The summed E-state index contributed by atoms with van der Waals surface area (Å²) in [6.45, 7) is 1.62. The van der Waals surface area contributed by atoms with E-state index in [1.807, 2.05) is 0 Å². The molecule has 0 N–H and O–H groups in total. The number of carbonyl (C=O) groups excluding carboxylic acids is 1. The van der Waals surface area contributed by atoms with Gasteiger partial charge in [-0.25, -0.2) is 9.78 Å². The van der Waals surface area contributed by atoms with Crippen molar-refractivity contribution < 1.29 is 9.53 Å². The SMILES string of the molecule is O=C(Oc1nccs1)N1CCCCC1. The van der Waals surface area contributed by atoms with Crippen LogP contribution in [0.5, 0.6) is 5.19 Å². The van der Waals surface area contributed by atoms with Gasteiger partial charge < -0.3 is 9.64 Å². The van der Waals surface area contributed by atoms with Gasteiger partial charge in [-0.05, 0) is 19.3 Å². The number of thiazole rings is 1. The van der Waals surface area contributed by atoms with Crippen molar-refractivity contribution in [2.24, 2.45) is 0 Å². The number of hydrogen-bond acceptors (Lipinski definition) is 4. The maximum atomic E-state index is 11.5. The van der Waals surface area contributed by atoms with E-state index in [0.717, 1.165) is 25.9 Å². The fraction of sp³-hybridized carbons (Fsp3) is 0.556. The van der Waals surface area contributed by atoms with Crippen molar-refractivity contribution in [2.45, 2.75) is 19.3 Å². The molecule has 2 heterocycles. The Morgan fingerprint density at radius 3 is 2.86 bits per heavy atom. The fourth-order valence-corrected chi connectivity index (χ4v) is 1.96. The number of nitrogens with zero attached hydrogens (tertiary/aromatic N) is 2. The number of amides is 1. The molecule has 0 radical (unpaired) electrons. The molecule has 0 bridgehead atoms. The van der Waals surface area contributed by atoms with Crippen molar-refractivity contribution >= 4 is 17.4 Å². The number of likely N-dealkylation sites (tertiary alicyclic amines) is 1. The van der Waals surface area contributed by atoms with Crippen molar-refractivity contribution in [2.75, 3.05) is 13.1 Å². The van der Waals surface area contributed by atoms with Gasteiger partial charge in [0.25, 0.3) is 5.19 Å². The van der Waals surface area contributed by atoms with Crippen molar-refractivity contribution in [3.05, 3.63) is 11.6 Å². The minimum absolute atomic E-state index is 0.264. The molecule has 1 aliphatic rings. The van der Waals surface area contributed by atoms with Gasteiger partial charge in [0.05, 0.1) is 0 Å². The molecule has 14 heavy (non-hydrogen) atoms. The zero-order valence-electron chi connectivity index (χ0n) is 7.81. The van der Waals surface area contributed by atoms with E-state index in [1.54, 1.807) is 16.5 Å². The number of ether oxygens (including phenoxy) is 1.